The third kappa shape index (κ3) is 2.18. The maximum Gasteiger partial charge on any atom is 0.356 e. The maximum absolute atomic E-state index is 10.9. The van der Waals surface area contributed by atoms with Crippen LogP contribution in [-0.4, -0.2) is 33.1 Å². The number of carboxylic acid groups (broad SMARTS) is 1. The Balaban J connectivity index is 2.55. The van der Waals surface area contributed by atoms with Crippen molar-refractivity contribution in [1.82, 2.24) is 9.78 Å². The number of nitrogens with zero attached hydrogens (tertiary/aromatic N) is 2. The van der Waals surface area contributed by atoms with Gasteiger partial charge in [0.15, 0.2) is 5.69 Å². The van der Waals surface area contributed by atoms with E-state index in [0.717, 1.165) is 0 Å². The van der Waals surface area contributed by atoms with Crippen molar-refractivity contribution < 1.29 is 19.7 Å². The molecule has 0 aliphatic carbocycles. The molecule has 0 saturated carbocycles. The zero-order valence-electron chi connectivity index (χ0n) is 9.70. The van der Waals surface area contributed by atoms with Crippen molar-refractivity contribution in [3.8, 4) is 11.4 Å². The van der Waals surface area contributed by atoms with Gasteiger partial charge in [0, 0.05) is 7.11 Å². The number of methoxy groups -OCH3 is 1. The van der Waals surface area contributed by atoms with Crippen LogP contribution in [0.15, 0.2) is 30.3 Å². The summed E-state index contributed by atoms with van der Waals surface area (Å²) in [5.41, 5.74) is 0.874. The summed E-state index contributed by atoms with van der Waals surface area (Å²) < 4.78 is 6.35. The monoisotopic (exact) mass is 248 g/mol. The van der Waals surface area contributed by atoms with Gasteiger partial charge >= 0.3 is 5.97 Å². The first-order valence-corrected chi connectivity index (χ1v) is 5.23. The van der Waals surface area contributed by atoms with E-state index < -0.39 is 5.97 Å². The molecule has 0 aliphatic heterocycles. The Morgan fingerprint density at radius 3 is 2.78 bits per heavy atom. The molecule has 6 nitrogen and oxygen atoms in total. The van der Waals surface area contributed by atoms with E-state index in [0.29, 0.717) is 11.4 Å². The van der Waals surface area contributed by atoms with E-state index in [1.54, 1.807) is 18.2 Å². The van der Waals surface area contributed by atoms with Crippen molar-refractivity contribution in [3.05, 3.63) is 41.7 Å². The second kappa shape index (κ2) is 4.89. The number of hydrogen-bond donors (Lipinski definition) is 2. The molecule has 2 rings (SSSR count). The smallest absolute Gasteiger partial charge is 0.356 e. The van der Waals surface area contributed by atoms with Crippen molar-refractivity contribution >= 4 is 5.97 Å². The summed E-state index contributed by atoms with van der Waals surface area (Å²) in [6.45, 7) is 0.203. The Morgan fingerprint density at radius 1 is 1.44 bits per heavy atom. The Labute approximate surface area is 103 Å². The summed E-state index contributed by atoms with van der Waals surface area (Å²) in [6.07, 6.45) is 0. The molecule has 1 aromatic carbocycles. The van der Waals surface area contributed by atoms with Crippen LogP contribution in [0.25, 0.3) is 5.69 Å². The SMILES string of the molecule is COCc1cc(C(=O)O)nn1-c1ccccc1O. The number of aromatic nitrogens is 2. The lowest BCUT2D eigenvalue weighted by Gasteiger charge is -2.07. The highest BCUT2D eigenvalue weighted by molar-refractivity contribution is 5.85. The molecular weight excluding hydrogens is 236 g/mol. The van der Waals surface area contributed by atoms with Crippen LogP contribution in [0.2, 0.25) is 0 Å². The molecule has 1 heterocycles. The van der Waals surface area contributed by atoms with Gasteiger partial charge in [-0.3, -0.25) is 0 Å². The van der Waals surface area contributed by atoms with Gasteiger partial charge in [0.05, 0.1) is 12.3 Å². The molecule has 6 heteroatoms. The van der Waals surface area contributed by atoms with E-state index >= 15 is 0 Å². The normalized spacial score (nSPS) is 10.5. The fourth-order valence-electron chi connectivity index (χ4n) is 1.63. The first-order valence-electron chi connectivity index (χ1n) is 5.23. The summed E-state index contributed by atoms with van der Waals surface area (Å²) in [5.74, 6) is -1.10. The van der Waals surface area contributed by atoms with Crippen molar-refractivity contribution in [1.29, 1.82) is 0 Å². The van der Waals surface area contributed by atoms with Gasteiger partial charge in [0.25, 0.3) is 0 Å². The van der Waals surface area contributed by atoms with Crippen LogP contribution in [0.4, 0.5) is 0 Å². The van der Waals surface area contributed by atoms with Crippen LogP contribution in [0, 0.1) is 0 Å². The van der Waals surface area contributed by atoms with Gasteiger partial charge in [-0.05, 0) is 18.2 Å². The third-order valence-electron chi connectivity index (χ3n) is 2.40. The van der Waals surface area contributed by atoms with Gasteiger partial charge in [-0.2, -0.15) is 5.10 Å². The van der Waals surface area contributed by atoms with Gasteiger partial charge in [-0.15, -0.1) is 0 Å². The van der Waals surface area contributed by atoms with Crippen molar-refractivity contribution in [2.75, 3.05) is 7.11 Å². The number of aromatic carboxylic acids is 1. The molecule has 0 bridgehead atoms. The van der Waals surface area contributed by atoms with Crippen LogP contribution >= 0.6 is 0 Å². The molecule has 94 valence electrons. The van der Waals surface area contributed by atoms with Crippen LogP contribution < -0.4 is 0 Å². The summed E-state index contributed by atoms with van der Waals surface area (Å²) in [5, 5.41) is 22.6. The van der Waals surface area contributed by atoms with Crippen LogP contribution in [0.3, 0.4) is 0 Å². The minimum Gasteiger partial charge on any atom is -0.506 e. The van der Waals surface area contributed by atoms with E-state index in [2.05, 4.69) is 5.10 Å². The molecule has 1 aromatic heterocycles. The number of hydrogen-bond acceptors (Lipinski definition) is 4. The molecular formula is C12H12N2O4. The fraction of sp³-hybridized carbons (Fsp3) is 0.167. The molecule has 0 unspecified atom stereocenters. The molecule has 2 aromatic rings. The number of rotatable bonds is 4. The number of benzene rings is 1. The fourth-order valence-corrected chi connectivity index (χ4v) is 1.63. The zero-order valence-corrected chi connectivity index (χ0v) is 9.70. The zero-order chi connectivity index (χ0) is 13.1. The Bertz CT molecular complexity index is 577. The molecule has 0 aliphatic rings. The molecule has 0 fully saturated rings. The molecule has 0 spiro atoms. The van der Waals surface area contributed by atoms with Gasteiger partial charge < -0.3 is 14.9 Å². The standard InChI is InChI=1S/C12H12N2O4/c1-18-7-8-6-9(12(16)17)13-14(8)10-4-2-3-5-11(10)15/h2-6,15H,7H2,1H3,(H,16,17). The van der Waals surface area contributed by atoms with Gasteiger partial charge in [0.1, 0.15) is 11.4 Å². The van der Waals surface area contributed by atoms with Crippen molar-refractivity contribution in [3.63, 3.8) is 0 Å². The Kier molecular flexibility index (Phi) is 3.29. The second-order valence-corrected chi connectivity index (χ2v) is 3.66. The minimum atomic E-state index is -1.12. The lowest BCUT2D eigenvalue weighted by Crippen LogP contribution is -2.04. The van der Waals surface area contributed by atoms with E-state index in [4.69, 9.17) is 9.84 Å². The number of carboxylic acids is 1. The van der Waals surface area contributed by atoms with E-state index in [9.17, 15) is 9.90 Å². The molecule has 0 atom stereocenters. The second-order valence-electron chi connectivity index (χ2n) is 3.66. The van der Waals surface area contributed by atoms with Gasteiger partial charge in [0.2, 0.25) is 0 Å². The molecule has 2 N–H and O–H groups in total. The van der Waals surface area contributed by atoms with Gasteiger partial charge in [-0.25, -0.2) is 9.48 Å². The number of phenolic OH excluding ortho intramolecular Hbond substituents is 1. The minimum absolute atomic E-state index is 0.0230. The number of phenols is 1. The summed E-state index contributed by atoms with van der Waals surface area (Å²) >= 11 is 0. The molecule has 0 radical (unpaired) electrons. The van der Waals surface area contributed by atoms with Crippen LogP contribution in [-0.2, 0) is 11.3 Å². The first-order chi connectivity index (χ1) is 8.63. The van der Waals surface area contributed by atoms with Crippen molar-refractivity contribution in [2.45, 2.75) is 6.61 Å². The highest BCUT2D eigenvalue weighted by Gasteiger charge is 2.15. The van der Waals surface area contributed by atoms with E-state index in [1.165, 1.54) is 23.9 Å². The largest absolute Gasteiger partial charge is 0.506 e. The van der Waals surface area contributed by atoms with E-state index in [-0.39, 0.29) is 18.1 Å². The molecule has 0 amide bonds. The summed E-state index contributed by atoms with van der Waals surface area (Å²) in [7, 11) is 1.50. The predicted molar refractivity (Wildman–Crippen MR) is 62.9 cm³/mol. The van der Waals surface area contributed by atoms with Crippen LogP contribution in [0.1, 0.15) is 16.2 Å². The number of ether oxygens (including phenoxy) is 1. The van der Waals surface area contributed by atoms with Gasteiger partial charge in [-0.1, -0.05) is 12.1 Å². The predicted octanol–water partition coefficient (Wildman–Crippen LogP) is 1.42. The summed E-state index contributed by atoms with van der Waals surface area (Å²) in [6, 6.07) is 7.98. The Hall–Kier alpha value is -2.34. The highest BCUT2D eigenvalue weighted by atomic mass is 16.5. The lowest BCUT2D eigenvalue weighted by molar-refractivity contribution is 0.0690. The third-order valence-corrected chi connectivity index (χ3v) is 2.40. The number of carbonyl (C=O) groups is 1. The topological polar surface area (TPSA) is 84.6 Å². The molecule has 0 saturated heterocycles. The van der Waals surface area contributed by atoms with E-state index in [1.807, 2.05) is 0 Å². The summed E-state index contributed by atoms with van der Waals surface area (Å²) in [4.78, 5) is 10.9. The average molecular weight is 248 g/mol. The Morgan fingerprint density at radius 2 is 2.17 bits per heavy atom. The number of aromatic hydroxyl groups is 1. The number of para-hydroxylation sites is 2. The highest BCUT2D eigenvalue weighted by Crippen LogP contribution is 2.22. The van der Waals surface area contributed by atoms with Crippen molar-refractivity contribution in [2.24, 2.45) is 0 Å². The first kappa shape index (κ1) is 12.1. The van der Waals surface area contributed by atoms with Crippen LogP contribution in [0.5, 0.6) is 5.75 Å². The lowest BCUT2D eigenvalue weighted by atomic mass is 10.3. The molecule has 18 heavy (non-hydrogen) atoms. The quantitative estimate of drug-likeness (QED) is 0.854. The average Bonchev–Trinajstić information content (AvgIpc) is 2.74. The maximum atomic E-state index is 10.9.